The van der Waals surface area contributed by atoms with Crippen molar-refractivity contribution >= 4 is 5.78 Å². The number of hydrogen-bond donors (Lipinski definition) is 0. The second kappa shape index (κ2) is 5.90. The van der Waals surface area contributed by atoms with Crippen LogP contribution in [0.3, 0.4) is 0 Å². The molecule has 0 aliphatic rings. The Kier molecular flexibility index (Phi) is 4.95. The topological polar surface area (TPSA) is 17.1 Å². The van der Waals surface area contributed by atoms with Crippen molar-refractivity contribution in [3.63, 3.8) is 0 Å². The number of Topliss-reactive ketones (excluding diaryl/α,β-unsaturated/α-hetero) is 1. The monoisotopic (exact) mass is 260 g/mol. The number of benzene rings is 1. The minimum atomic E-state index is -0.259. The molecule has 0 heterocycles. The second-order valence-corrected chi connectivity index (χ2v) is 7.77. The van der Waals surface area contributed by atoms with Gasteiger partial charge in [-0.15, -0.1) is 0 Å². The van der Waals surface area contributed by atoms with Crippen LogP contribution in [0.25, 0.3) is 0 Å². The molecule has 0 aromatic heterocycles. The van der Waals surface area contributed by atoms with Crippen molar-refractivity contribution < 1.29 is 4.79 Å². The normalized spacial score (nSPS) is 14.2. The van der Waals surface area contributed by atoms with Gasteiger partial charge in [0.1, 0.15) is 5.78 Å². The molecule has 0 fully saturated rings. The Hall–Kier alpha value is -1.11. The van der Waals surface area contributed by atoms with E-state index < -0.39 is 0 Å². The van der Waals surface area contributed by atoms with E-state index in [0.717, 1.165) is 12.8 Å². The summed E-state index contributed by atoms with van der Waals surface area (Å²) in [6.07, 6.45) is 1.80. The zero-order valence-corrected chi connectivity index (χ0v) is 13.3. The number of rotatable bonds is 4. The first-order valence-electron chi connectivity index (χ1n) is 7.18. The first-order chi connectivity index (χ1) is 8.59. The first kappa shape index (κ1) is 15.9. The quantitative estimate of drug-likeness (QED) is 0.752. The van der Waals surface area contributed by atoms with Gasteiger partial charge in [0.15, 0.2) is 0 Å². The van der Waals surface area contributed by atoms with Crippen LogP contribution in [0.5, 0.6) is 0 Å². The molecule has 0 aliphatic carbocycles. The fraction of sp³-hybridized carbons (Fsp3) is 0.611. The number of carbonyl (C=O) groups excluding carboxylic acids is 1. The van der Waals surface area contributed by atoms with Gasteiger partial charge in [-0.2, -0.15) is 0 Å². The summed E-state index contributed by atoms with van der Waals surface area (Å²) in [7, 11) is 0. The van der Waals surface area contributed by atoms with E-state index in [4.69, 9.17) is 0 Å². The van der Waals surface area contributed by atoms with Crippen molar-refractivity contribution in [3.8, 4) is 0 Å². The van der Waals surface area contributed by atoms with Crippen molar-refractivity contribution in [3.05, 3.63) is 35.9 Å². The van der Waals surface area contributed by atoms with E-state index in [-0.39, 0.29) is 16.7 Å². The molecule has 1 aromatic carbocycles. The van der Waals surface area contributed by atoms with E-state index in [0.29, 0.717) is 5.78 Å². The molecule has 0 saturated carbocycles. The summed E-state index contributed by atoms with van der Waals surface area (Å²) < 4.78 is 0. The van der Waals surface area contributed by atoms with Gasteiger partial charge >= 0.3 is 0 Å². The molecule has 19 heavy (non-hydrogen) atoms. The van der Waals surface area contributed by atoms with Gasteiger partial charge in [-0.25, -0.2) is 0 Å². The molecule has 0 aliphatic heterocycles. The Morgan fingerprint density at radius 1 is 1.00 bits per heavy atom. The Bertz CT molecular complexity index is 404. The van der Waals surface area contributed by atoms with Crippen LogP contribution in [-0.2, 0) is 11.2 Å². The van der Waals surface area contributed by atoms with Crippen LogP contribution in [0.1, 0.15) is 53.5 Å². The van der Waals surface area contributed by atoms with Crippen LogP contribution >= 0.6 is 0 Å². The average Bonchev–Trinajstić information content (AvgIpc) is 2.25. The van der Waals surface area contributed by atoms with Crippen molar-refractivity contribution in [2.24, 2.45) is 16.7 Å². The van der Waals surface area contributed by atoms with Crippen LogP contribution in [0, 0.1) is 16.7 Å². The van der Waals surface area contributed by atoms with Gasteiger partial charge in [-0.3, -0.25) is 4.79 Å². The Balaban J connectivity index is 2.90. The largest absolute Gasteiger partial charge is 0.299 e. The predicted molar refractivity (Wildman–Crippen MR) is 82.2 cm³/mol. The molecule has 0 unspecified atom stereocenters. The summed E-state index contributed by atoms with van der Waals surface area (Å²) in [5.74, 6) is 0.494. The highest BCUT2D eigenvalue weighted by atomic mass is 16.1. The van der Waals surface area contributed by atoms with Gasteiger partial charge in [0.25, 0.3) is 0 Å². The van der Waals surface area contributed by atoms with E-state index in [1.807, 2.05) is 39.0 Å². The predicted octanol–water partition coefficient (Wildman–Crippen LogP) is 4.90. The summed E-state index contributed by atoms with van der Waals surface area (Å²) in [5, 5.41) is 0. The molecule has 1 heteroatoms. The summed E-state index contributed by atoms with van der Waals surface area (Å²) in [5.41, 5.74) is 1.18. The fourth-order valence-electron chi connectivity index (χ4n) is 2.51. The van der Waals surface area contributed by atoms with E-state index in [1.54, 1.807) is 0 Å². The molecule has 0 saturated heterocycles. The maximum absolute atomic E-state index is 12.6. The van der Waals surface area contributed by atoms with E-state index in [1.165, 1.54) is 5.56 Å². The minimum Gasteiger partial charge on any atom is -0.299 e. The molecule has 1 atom stereocenters. The summed E-state index contributed by atoms with van der Waals surface area (Å²) in [6.45, 7) is 12.7. The molecule has 0 radical (unpaired) electrons. The molecule has 0 N–H and O–H groups in total. The third-order valence-corrected chi connectivity index (χ3v) is 3.29. The van der Waals surface area contributed by atoms with Crippen LogP contribution in [0.15, 0.2) is 30.3 Å². The van der Waals surface area contributed by atoms with Gasteiger partial charge in [0.2, 0.25) is 0 Å². The lowest BCUT2D eigenvalue weighted by molar-refractivity contribution is -0.131. The van der Waals surface area contributed by atoms with Crippen LogP contribution < -0.4 is 0 Å². The van der Waals surface area contributed by atoms with Crippen LogP contribution in [0.4, 0.5) is 0 Å². The van der Waals surface area contributed by atoms with Crippen molar-refractivity contribution in [1.82, 2.24) is 0 Å². The van der Waals surface area contributed by atoms with Gasteiger partial charge in [-0.1, -0.05) is 71.9 Å². The highest BCUT2D eigenvalue weighted by Gasteiger charge is 2.32. The molecular formula is C18H28O. The molecule has 1 nitrogen and oxygen atoms in total. The van der Waals surface area contributed by atoms with Crippen molar-refractivity contribution in [1.29, 1.82) is 0 Å². The standard InChI is InChI=1S/C18H28O/c1-17(2,3)13-15(16(19)18(4,5)6)12-14-10-8-7-9-11-14/h7-11,15H,12-13H2,1-6H3/t15-/m0/s1. The number of ketones is 1. The zero-order valence-electron chi connectivity index (χ0n) is 13.3. The lowest BCUT2D eigenvalue weighted by atomic mass is 9.73. The average molecular weight is 260 g/mol. The van der Waals surface area contributed by atoms with Gasteiger partial charge in [-0.05, 0) is 23.8 Å². The number of hydrogen-bond acceptors (Lipinski definition) is 1. The van der Waals surface area contributed by atoms with Crippen LogP contribution in [0.2, 0.25) is 0 Å². The third-order valence-electron chi connectivity index (χ3n) is 3.29. The lowest BCUT2D eigenvalue weighted by Gasteiger charge is -2.30. The van der Waals surface area contributed by atoms with E-state index in [9.17, 15) is 4.79 Å². The maximum Gasteiger partial charge on any atom is 0.141 e. The van der Waals surface area contributed by atoms with Gasteiger partial charge < -0.3 is 0 Å². The third kappa shape index (κ3) is 5.59. The summed E-state index contributed by atoms with van der Waals surface area (Å²) >= 11 is 0. The molecule has 106 valence electrons. The SMILES string of the molecule is CC(C)(C)C[C@H](Cc1ccccc1)C(=O)C(C)(C)C. The second-order valence-electron chi connectivity index (χ2n) is 7.77. The van der Waals surface area contributed by atoms with Crippen molar-refractivity contribution in [2.45, 2.75) is 54.4 Å². The molecule has 0 spiro atoms. The minimum absolute atomic E-state index is 0.113. The van der Waals surface area contributed by atoms with Crippen LogP contribution in [-0.4, -0.2) is 5.78 Å². The Morgan fingerprint density at radius 3 is 1.95 bits per heavy atom. The number of carbonyl (C=O) groups is 1. The van der Waals surface area contributed by atoms with Gasteiger partial charge in [0.05, 0.1) is 0 Å². The lowest BCUT2D eigenvalue weighted by Crippen LogP contribution is -2.32. The van der Waals surface area contributed by atoms with E-state index >= 15 is 0 Å². The van der Waals surface area contributed by atoms with Crippen molar-refractivity contribution in [2.75, 3.05) is 0 Å². The maximum atomic E-state index is 12.6. The van der Waals surface area contributed by atoms with E-state index in [2.05, 4.69) is 32.9 Å². The molecule has 1 aromatic rings. The highest BCUT2D eigenvalue weighted by molar-refractivity contribution is 5.86. The highest BCUT2D eigenvalue weighted by Crippen LogP contribution is 2.32. The molecular weight excluding hydrogens is 232 g/mol. The summed E-state index contributed by atoms with van der Waals surface area (Å²) in [4.78, 5) is 12.6. The molecule has 1 rings (SSSR count). The van der Waals surface area contributed by atoms with Gasteiger partial charge in [0, 0.05) is 11.3 Å². The molecule has 0 bridgehead atoms. The Labute approximate surface area is 118 Å². The molecule has 0 amide bonds. The Morgan fingerprint density at radius 2 is 1.53 bits per heavy atom. The fourth-order valence-corrected chi connectivity index (χ4v) is 2.51. The zero-order chi connectivity index (χ0) is 14.7. The summed E-state index contributed by atoms with van der Waals surface area (Å²) in [6, 6.07) is 10.3. The first-order valence-corrected chi connectivity index (χ1v) is 7.18. The smallest absolute Gasteiger partial charge is 0.141 e.